The topological polar surface area (TPSA) is 95.3 Å². The first-order chi connectivity index (χ1) is 9.99. The quantitative estimate of drug-likeness (QED) is 0.648. The van der Waals surface area contributed by atoms with Crippen molar-refractivity contribution in [3.63, 3.8) is 0 Å². The second-order valence-electron chi connectivity index (χ2n) is 5.50. The molecule has 0 aromatic carbocycles. The number of anilines is 1. The number of carboxylic acid groups (broad SMARTS) is 1. The molecule has 0 aliphatic rings. The van der Waals surface area contributed by atoms with Crippen molar-refractivity contribution in [1.29, 1.82) is 0 Å². The number of rotatable bonds is 9. The van der Waals surface area contributed by atoms with E-state index in [1.165, 1.54) is 6.20 Å². The van der Waals surface area contributed by atoms with Crippen molar-refractivity contribution in [2.45, 2.75) is 46.0 Å². The number of aromatic carboxylic acids is 1. The molecule has 1 atom stereocenters. The van der Waals surface area contributed by atoms with E-state index in [9.17, 15) is 9.90 Å². The van der Waals surface area contributed by atoms with Gasteiger partial charge in [0.25, 0.3) is 0 Å². The zero-order chi connectivity index (χ0) is 15.8. The number of aliphatic hydroxyl groups excluding tert-OH is 1. The molecule has 1 rings (SSSR count). The number of aromatic nitrogens is 2. The molecule has 0 fully saturated rings. The Morgan fingerprint density at radius 2 is 2.10 bits per heavy atom. The van der Waals surface area contributed by atoms with Crippen molar-refractivity contribution in [3.05, 3.63) is 17.7 Å². The summed E-state index contributed by atoms with van der Waals surface area (Å²) in [5.74, 6) is -0.139. The highest BCUT2D eigenvalue weighted by atomic mass is 16.4. The molecule has 1 aromatic heterocycles. The number of hydrogen-bond donors (Lipinski definition) is 3. The average Bonchev–Trinajstić information content (AvgIpc) is 2.44. The standard InChI is InChI=1S/C15H25N3O3/c1-4-5-11(6-7-19)8-16-12-9-17-14(10(2)3)18-13(12)15(20)21/h9-11,16,19H,4-8H2,1-3H3,(H,20,21). The number of carboxylic acids is 1. The van der Waals surface area contributed by atoms with Gasteiger partial charge in [0.05, 0.1) is 11.9 Å². The molecule has 3 N–H and O–H groups in total. The van der Waals surface area contributed by atoms with Gasteiger partial charge in [-0.3, -0.25) is 0 Å². The lowest BCUT2D eigenvalue weighted by Gasteiger charge is -2.17. The summed E-state index contributed by atoms with van der Waals surface area (Å²) in [6.45, 7) is 6.69. The Hall–Kier alpha value is -1.69. The summed E-state index contributed by atoms with van der Waals surface area (Å²) < 4.78 is 0. The van der Waals surface area contributed by atoms with Crippen LogP contribution in [0.25, 0.3) is 0 Å². The maximum absolute atomic E-state index is 11.3. The van der Waals surface area contributed by atoms with E-state index in [0.717, 1.165) is 12.8 Å². The fourth-order valence-corrected chi connectivity index (χ4v) is 2.16. The molecule has 0 bridgehead atoms. The Balaban J connectivity index is 2.84. The van der Waals surface area contributed by atoms with E-state index in [4.69, 9.17) is 5.11 Å². The van der Waals surface area contributed by atoms with Crippen molar-refractivity contribution < 1.29 is 15.0 Å². The van der Waals surface area contributed by atoms with Gasteiger partial charge in [0.15, 0.2) is 5.69 Å². The normalized spacial score (nSPS) is 12.4. The van der Waals surface area contributed by atoms with E-state index in [-0.39, 0.29) is 18.2 Å². The van der Waals surface area contributed by atoms with Crippen LogP contribution in [0.15, 0.2) is 6.20 Å². The van der Waals surface area contributed by atoms with Crippen LogP contribution in [-0.2, 0) is 0 Å². The molecule has 1 unspecified atom stereocenters. The summed E-state index contributed by atoms with van der Waals surface area (Å²) in [5.41, 5.74) is 0.443. The third kappa shape index (κ3) is 5.30. The minimum absolute atomic E-state index is 0.00736. The van der Waals surface area contributed by atoms with E-state index < -0.39 is 5.97 Å². The highest BCUT2D eigenvalue weighted by Crippen LogP contribution is 2.18. The Labute approximate surface area is 125 Å². The van der Waals surface area contributed by atoms with Gasteiger partial charge in [-0.05, 0) is 18.8 Å². The van der Waals surface area contributed by atoms with Gasteiger partial charge < -0.3 is 15.5 Å². The maximum Gasteiger partial charge on any atom is 0.356 e. The smallest absolute Gasteiger partial charge is 0.356 e. The van der Waals surface area contributed by atoms with Crippen LogP contribution in [0.1, 0.15) is 62.3 Å². The molecular formula is C15H25N3O3. The van der Waals surface area contributed by atoms with Crippen molar-refractivity contribution in [2.24, 2.45) is 5.92 Å². The largest absolute Gasteiger partial charge is 0.476 e. The Kier molecular flexibility index (Phi) is 7.08. The summed E-state index contributed by atoms with van der Waals surface area (Å²) in [6.07, 6.45) is 4.25. The molecule has 6 nitrogen and oxygen atoms in total. The molecule has 0 aliphatic carbocycles. The molecule has 0 amide bonds. The third-order valence-corrected chi connectivity index (χ3v) is 3.34. The highest BCUT2D eigenvalue weighted by molar-refractivity contribution is 5.91. The second kappa shape index (κ2) is 8.56. The zero-order valence-corrected chi connectivity index (χ0v) is 13.0. The summed E-state index contributed by atoms with van der Waals surface area (Å²) in [5, 5.41) is 21.4. The zero-order valence-electron chi connectivity index (χ0n) is 13.0. The molecule has 0 radical (unpaired) electrons. The van der Waals surface area contributed by atoms with Crippen LogP contribution in [0.5, 0.6) is 0 Å². The maximum atomic E-state index is 11.3. The molecule has 0 aliphatic heterocycles. The minimum Gasteiger partial charge on any atom is -0.476 e. The van der Waals surface area contributed by atoms with Gasteiger partial charge in [-0.15, -0.1) is 0 Å². The molecule has 0 saturated carbocycles. The molecule has 6 heteroatoms. The molecular weight excluding hydrogens is 270 g/mol. The van der Waals surface area contributed by atoms with Crippen molar-refractivity contribution in [1.82, 2.24) is 9.97 Å². The molecule has 1 aromatic rings. The van der Waals surface area contributed by atoms with Crippen molar-refractivity contribution in [2.75, 3.05) is 18.5 Å². The summed E-state index contributed by atoms with van der Waals surface area (Å²) in [7, 11) is 0. The van der Waals surface area contributed by atoms with Gasteiger partial charge in [-0.1, -0.05) is 27.2 Å². The predicted octanol–water partition coefficient (Wildman–Crippen LogP) is 2.51. The molecule has 0 spiro atoms. The van der Waals surface area contributed by atoms with Gasteiger partial charge in [-0.2, -0.15) is 0 Å². The third-order valence-electron chi connectivity index (χ3n) is 3.34. The first kappa shape index (κ1) is 17.4. The Morgan fingerprint density at radius 1 is 1.38 bits per heavy atom. The van der Waals surface area contributed by atoms with Crippen LogP contribution in [0.2, 0.25) is 0 Å². The number of aliphatic hydroxyl groups is 1. The number of hydrogen-bond acceptors (Lipinski definition) is 5. The average molecular weight is 295 g/mol. The number of nitrogens with zero attached hydrogens (tertiary/aromatic N) is 2. The number of carbonyl (C=O) groups is 1. The Morgan fingerprint density at radius 3 is 2.62 bits per heavy atom. The first-order valence-corrected chi connectivity index (χ1v) is 7.44. The van der Waals surface area contributed by atoms with E-state index in [0.29, 0.717) is 30.4 Å². The molecule has 21 heavy (non-hydrogen) atoms. The molecule has 0 saturated heterocycles. The van der Waals surface area contributed by atoms with Gasteiger partial charge in [0.1, 0.15) is 5.82 Å². The summed E-state index contributed by atoms with van der Waals surface area (Å²) in [6, 6.07) is 0. The lowest BCUT2D eigenvalue weighted by atomic mass is 10.00. The predicted molar refractivity (Wildman–Crippen MR) is 81.7 cm³/mol. The van der Waals surface area contributed by atoms with Crippen molar-refractivity contribution in [3.8, 4) is 0 Å². The Bertz CT molecular complexity index is 457. The van der Waals surface area contributed by atoms with E-state index in [1.807, 2.05) is 13.8 Å². The van der Waals surface area contributed by atoms with Gasteiger partial charge >= 0.3 is 5.97 Å². The highest BCUT2D eigenvalue weighted by Gasteiger charge is 2.16. The van der Waals surface area contributed by atoms with E-state index >= 15 is 0 Å². The molecule has 118 valence electrons. The van der Waals surface area contributed by atoms with Crippen LogP contribution in [0, 0.1) is 5.92 Å². The van der Waals surface area contributed by atoms with Crippen LogP contribution in [0.4, 0.5) is 5.69 Å². The second-order valence-corrected chi connectivity index (χ2v) is 5.50. The molecule has 1 heterocycles. The number of nitrogens with one attached hydrogen (secondary N) is 1. The summed E-state index contributed by atoms with van der Waals surface area (Å²) >= 11 is 0. The first-order valence-electron chi connectivity index (χ1n) is 7.44. The lowest BCUT2D eigenvalue weighted by molar-refractivity contribution is 0.0691. The van der Waals surface area contributed by atoms with E-state index in [2.05, 4.69) is 22.2 Å². The van der Waals surface area contributed by atoms with Crippen LogP contribution < -0.4 is 5.32 Å². The van der Waals surface area contributed by atoms with Gasteiger partial charge in [0.2, 0.25) is 0 Å². The monoisotopic (exact) mass is 295 g/mol. The fourth-order valence-electron chi connectivity index (χ4n) is 2.16. The van der Waals surface area contributed by atoms with Gasteiger partial charge in [0, 0.05) is 19.1 Å². The minimum atomic E-state index is -1.06. The van der Waals surface area contributed by atoms with Crippen LogP contribution >= 0.6 is 0 Å². The van der Waals surface area contributed by atoms with E-state index in [1.54, 1.807) is 0 Å². The van der Waals surface area contributed by atoms with Crippen molar-refractivity contribution >= 4 is 11.7 Å². The fraction of sp³-hybridized carbons (Fsp3) is 0.667. The summed E-state index contributed by atoms with van der Waals surface area (Å²) in [4.78, 5) is 19.6. The van der Waals surface area contributed by atoms with Crippen LogP contribution in [-0.4, -0.2) is 39.3 Å². The van der Waals surface area contributed by atoms with Gasteiger partial charge in [-0.25, -0.2) is 14.8 Å². The lowest BCUT2D eigenvalue weighted by Crippen LogP contribution is -2.19. The SMILES string of the molecule is CCCC(CCO)CNc1cnc(C(C)C)nc1C(=O)O. The van der Waals surface area contributed by atoms with Crippen LogP contribution in [0.3, 0.4) is 0 Å².